The van der Waals surface area contributed by atoms with Crippen molar-refractivity contribution in [3.8, 4) is 11.6 Å². The van der Waals surface area contributed by atoms with E-state index in [0.29, 0.717) is 15.4 Å². The van der Waals surface area contributed by atoms with Crippen LogP contribution in [0.1, 0.15) is 0 Å². The second-order valence-corrected chi connectivity index (χ2v) is 7.04. The maximum Gasteiger partial charge on any atom is 0.302 e. The van der Waals surface area contributed by atoms with Gasteiger partial charge in [-0.3, -0.25) is 14.9 Å². The molecule has 0 unspecified atom stereocenters. The molecule has 0 aliphatic carbocycles. The number of azo groups is 1. The number of H-pyrrole nitrogens is 1. The standard InChI is InChI=1S/C16H10Br2N4O5/c17-8-1-3-10-12(5-8)19-16(24)15(10)21-20-14(23)7-27-13-4-2-9(22(25)26)6-11(13)18/h1-6,19,24H,7H2. The van der Waals surface area contributed by atoms with Gasteiger partial charge < -0.3 is 14.8 Å². The second kappa shape index (κ2) is 7.84. The number of aromatic hydroxyl groups is 1. The highest BCUT2D eigenvalue weighted by molar-refractivity contribution is 9.10. The predicted octanol–water partition coefficient (Wildman–Crippen LogP) is 5.00. The highest BCUT2D eigenvalue weighted by Crippen LogP contribution is 2.36. The van der Waals surface area contributed by atoms with Crippen LogP contribution in [0.15, 0.2) is 55.6 Å². The lowest BCUT2D eigenvalue weighted by Crippen LogP contribution is -2.08. The lowest BCUT2D eigenvalue weighted by Gasteiger charge is -2.05. The molecule has 3 aromatic rings. The van der Waals surface area contributed by atoms with Gasteiger partial charge in [0.1, 0.15) is 5.75 Å². The largest absolute Gasteiger partial charge is 0.493 e. The second-order valence-electron chi connectivity index (χ2n) is 5.27. The minimum absolute atomic E-state index is 0.110. The molecule has 1 heterocycles. The fraction of sp³-hybridized carbons (Fsp3) is 0.0625. The van der Waals surface area contributed by atoms with Crippen LogP contribution in [0.5, 0.6) is 11.6 Å². The number of carbonyl (C=O) groups is 1. The zero-order chi connectivity index (χ0) is 19.6. The molecule has 0 bridgehead atoms. The van der Waals surface area contributed by atoms with Gasteiger partial charge >= 0.3 is 5.91 Å². The van der Waals surface area contributed by atoms with E-state index in [1.54, 1.807) is 18.2 Å². The van der Waals surface area contributed by atoms with E-state index >= 15 is 0 Å². The lowest BCUT2D eigenvalue weighted by molar-refractivity contribution is -0.384. The number of ether oxygens (including phenoxy) is 1. The number of nitro benzene ring substituents is 1. The number of fused-ring (bicyclic) bond motifs is 1. The summed E-state index contributed by atoms with van der Waals surface area (Å²) in [6.07, 6.45) is 0. The lowest BCUT2D eigenvalue weighted by atomic mass is 10.2. The van der Waals surface area contributed by atoms with Crippen LogP contribution in [0.25, 0.3) is 10.9 Å². The average molecular weight is 498 g/mol. The Hall–Kier alpha value is -2.79. The maximum absolute atomic E-state index is 11.9. The van der Waals surface area contributed by atoms with Gasteiger partial charge in [-0.2, -0.15) is 0 Å². The summed E-state index contributed by atoms with van der Waals surface area (Å²) in [5.41, 5.74) is 0.665. The van der Waals surface area contributed by atoms with Crippen molar-refractivity contribution < 1.29 is 19.6 Å². The Kier molecular flexibility index (Phi) is 5.51. The van der Waals surface area contributed by atoms with Gasteiger partial charge in [-0.15, -0.1) is 10.2 Å². The van der Waals surface area contributed by atoms with Gasteiger partial charge in [0, 0.05) is 22.0 Å². The smallest absolute Gasteiger partial charge is 0.302 e. The van der Waals surface area contributed by atoms with E-state index in [9.17, 15) is 20.0 Å². The van der Waals surface area contributed by atoms with E-state index in [-0.39, 0.29) is 23.0 Å². The van der Waals surface area contributed by atoms with Gasteiger partial charge in [0.05, 0.1) is 14.9 Å². The number of rotatable bonds is 5. The molecular formula is C16H10Br2N4O5. The summed E-state index contributed by atoms with van der Waals surface area (Å²) in [6.45, 7) is -0.422. The molecule has 0 aliphatic heterocycles. The van der Waals surface area contributed by atoms with Crippen LogP contribution in [0.4, 0.5) is 11.4 Å². The van der Waals surface area contributed by atoms with Gasteiger partial charge in [-0.05, 0) is 40.2 Å². The highest BCUT2D eigenvalue weighted by Gasteiger charge is 2.13. The van der Waals surface area contributed by atoms with Crippen molar-refractivity contribution in [2.75, 3.05) is 6.61 Å². The summed E-state index contributed by atoms with van der Waals surface area (Å²) >= 11 is 6.46. The number of amides is 1. The SMILES string of the molecule is O=C(COc1ccc([N+](=O)[O-])cc1Br)N=Nc1c(O)[nH]c2cc(Br)ccc12. The molecule has 1 amide bonds. The summed E-state index contributed by atoms with van der Waals surface area (Å²) in [5.74, 6) is -0.645. The van der Waals surface area contributed by atoms with E-state index < -0.39 is 17.4 Å². The Morgan fingerprint density at radius 2 is 2.04 bits per heavy atom. The molecular weight excluding hydrogens is 488 g/mol. The Balaban J connectivity index is 1.70. The number of nitro groups is 1. The third-order valence-corrected chi connectivity index (χ3v) is 4.57. The first-order valence-electron chi connectivity index (χ1n) is 7.36. The maximum atomic E-state index is 11.9. The van der Waals surface area contributed by atoms with Crippen LogP contribution >= 0.6 is 31.9 Å². The van der Waals surface area contributed by atoms with Crippen LogP contribution in [-0.4, -0.2) is 27.5 Å². The first-order valence-corrected chi connectivity index (χ1v) is 8.95. The van der Waals surface area contributed by atoms with Crippen LogP contribution in [0, 0.1) is 10.1 Å². The topological polar surface area (TPSA) is 130 Å². The number of hydrogen-bond donors (Lipinski definition) is 2. The summed E-state index contributed by atoms with van der Waals surface area (Å²) in [5, 5.41) is 28.6. The monoisotopic (exact) mass is 496 g/mol. The van der Waals surface area contributed by atoms with Crippen molar-refractivity contribution in [3.05, 3.63) is 55.5 Å². The molecule has 0 radical (unpaired) electrons. The zero-order valence-corrected chi connectivity index (χ0v) is 16.5. The van der Waals surface area contributed by atoms with Crippen molar-refractivity contribution in [2.45, 2.75) is 0 Å². The number of nitrogens with one attached hydrogen (secondary N) is 1. The van der Waals surface area contributed by atoms with Crippen LogP contribution in [0.3, 0.4) is 0 Å². The molecule has 0 saturated carbocycles. The Labute approximate surface area is 168 Å². The molecule has 27 heavy (non-hydrogen) atoms. The summed E-state index contributed by atoms with van der Waals surface area (Å²) in [4.78, 5) is 24.8. The number of benzene rings is 2. The molecule has 0 aliphatic rings. The minimum Gasteiger partial charge on any atom is -0.493 e. The van der Waals surface area contributed by atoms with Gasteiger partial charge in [0.15, 0.2) is 12.3 Å². The minimum atomic E-state index is -0.689. The molecule has 0 spiro atoms. The van der Waals surface area contributed by atoms with Crippen LogP contribution in [0.2, 0.25) is 0 Å². The number of nitrogens with zero attached hydrogens (tertiary/aromatic N) is 3. The molecule has 138 valence electrons. The quantitative estimate of drug-likeness (QED) is 0.291. The molecule has 0 saturated heterocycles. The average Bonchev–Trinajstić information content (AvgIpc) is 2.92. The predicted molar refractivity (Wildman–Crippen MR) is 103 cm³/mol. The van der Waals surface area contributed by atoms with Crippen molar-refractivity contribution in [1.29, 1.82) is 0 Å². The molecule has 2 N–H and O–H groups in total. The normalized spacial score (nSPS) is 11.2. The number of aromatic amines is 1. The molecule has 2 aromatic carbocycles. The molecule has 3 rings (SSSR count). The number of aromatic nitrogens is 1. The molecule has 0 fully saturated rings. The first kappa shape index (κ1) is 19.0. The van der Waals surface area contributed by atoms with Gasteiger partial charge in [0.25, 0.3) is 5.69 Å². The fourth-order valence-electron chi connectivity index (χ4n) is 2.24. The van der Waals surface area contributed by atoms with Gasteiger partial charge in [-0.1, -0.05) is 15.9 Å². The highest BCUT2D eigenvalue weighted by atomic mass is 79.9. The van der Waals surface area contributed by atoms with E-state index in [4.69, 9.17) is 4.74 Å². The summed E-state index contributed by atoms with van der Waals surface area (Å²) < 4.78 is 6.44. The fourth-order valence-corrected chi connectivity index (χ4v) is 3.08. The van der Waals surface area contributed by atoms with Crippen LogP contribution < -0.4 is 4.74 Å². The van der Waals surface area contributed by atoms with Crippen molar-refractivity contribution in [1.82, 2.24) is 4.98 Å². The van der Waals surface area contributed by atoms with Crippen LogP contribution in [-0.2, 0) is 4.79 Å². The molecule has 1 aromatic heterocycles. The summed E-state index contributed by atoms with van der Waals surface area (Å²) in [6, 6.07) is 9.14. The Morgan fingerprint density at radius 1 is 1.26 bits per heavy atom. The first-order chi connectivity index (χ1) is 12.8. The summed E-state index contributed by atoms with van der Waals surface area (Å²) in [7, 11) is 0. The Bertz CT molecular complexity index is 1080. The molecule has 11 heteroatoms. The Morgan fingerprint density at radius 3 is 2.74 bits per heavy atom. The number of halogens is 2. The van der Waals surface area contributed by atoms with Crippen molar-refractivity contribution in [2.24, 2.45) is 10.2 Å². The third-order valence-electron chi connectivity index (χ3n) is 3.45. The van der Waals surface area contributed by atoms with E-state index in [2.05, 4.69) is 47.1 Å². The number of carbonyl (C=O) groups excluding carboxylic acids is 1. The van der Waals surface area contributed by atoms with Crippen molar-refractivity contribution in [3.63, 3.8) is 0 Å². The van der Waals surface area contributed by atoms with E-state index in [1.807, 2.05) is 0 Å². The van der Waals surface area contributed by atoms with Gasteiger partial charge in [0.2, 0.25) is 5.88 Å². The van der Waals surface area contributed by atoms with E-state index in [0.717, 1.165) is 4.47 Å². The van der Waals surface area contributed by atoms with Gasteiger partial charge in [-0.25, -0.2) is 0 Å². The van der Waals surface area contributed by atoms with Crippen molar-refractivity contribution >= 4 is 60.0 Å². The molecule has 9 nitrogen and oxygen atoms in total. The third kappa shape index (κ3) is 4.31. The number of hydrogen-bond acceptors (Lipinski definition) is 6. The molecule has 0 atom stereocenters. The number of non-ortho nitro benzene ring substituents is 1. The van der Waals surface area contributed by atoms with E-state index in [1.165, 1.54) is 18.2 Å². The zero-order valence-electron chi connectivity index (χ0n) is 13.3.